The van der Waals surface area contributed by atoms with Crippen molar-refractivity contribution in [2.24, 2.45) is 0 Å². The van der Waals surface area contributed by atoms with Crippen LogP contribution in [0, 0.1) is 23.3 Å². The van der Waals surface area contributed by atoms with E-state index in [-0.39, 0.29) is 50.3 Å². The van der Waals surface area contributed by atoms with Crippen LogP contribution in [0.3, 0.4) is 0 Å². The maximum absolute atomic E-state index is 14.0. The molecule has 1 heterocycles. The first-order chi connectivity index (χ1) is 21.5. The highest BCUT2D eigenvalue weighted by molar-refractivity contribution is 7.89. The van der Waals surface area contributed by atoms with E-state index >= 15 is 0 Å². The quantitative estimate of drug-likeness (QED) is 0.170. The van der Waals surface area contributed by atoms with Gasteiger partial charge in [-0.2, -0.15) is 13.1 Å². The minimum absolute atomic E-state index is 0.0258. The summed E-state index contributed by atoms with van der Waals surface area (Å²) < 4.78 is 92.1. The van der Waals surface area contributed by atoms with Crippen molar-refractivity contribution in [2.75, 3.05) is 39.3 Å². The van der Waals surface area contributed by atoms with Gasteiger partial charge in [0.15, 0.2) is 23.2 Å². The van der Waals surface area contributed by atoms with E-state index in [2.05, 4.69) is 5.32 Å². The van der Waals surface area contributed by atoms with Crippen LogP contribution >= 0.6 is 0 Å². The van der Waals surface area contributed by atoms with E-state index in [0.29, 0.717) is 5.56 Å². The number of rotatable bonds is 13. The zero-order chi connectivity index (χ0) is 32.6. The number of Topliss-reactive ketones (excluding diaryl/α,β-unsaturated/α-hetero) is 1. The molecular formula is C30H29F4N3O7S. The van der Waals surface area contributed by atoms with E-state index in [1.54, 1.807) is 53.4 Å². The van der Waals surface area contributed by atoms with Crippen molar-refractivity contribution in [3.63, 3.8) is 0 Å². The third-order valence-electron chi connectivity index (χ3n) is 6.85. The summed E-state index contributed by atoms with van der Waals surface area (Å²) in [6.07, 6.45) is -0.688. The van der Waals surface area contributed by atoms with Gasteiger partial charge in [-0.3, -0.25) is 19.3 Å². The fourth-order valence-electron chi connectivity index (χ4n) is 4.44. The van der Waals surface area contributed by atoms with Crippen LogP contribution in [0.25, 0.3) is 0 Å². The van der Waals surface area contributed by atoms with Crippen LogP contribution in [0.15, 0.2) is 71.6 Å². The molecule has 1 saturated heterocycles. The maximum Gasteiger partial charge on any atom is 0.308 e. The topological polar surface area (TPSA) is 122 Å². The number of hydrogen-bond acceptors (Lipinski definition) is 8. The molecule has 240 valence electrons. The molecule has 0 aliphatic carbocycles. The summed E-state index contributed by atoms with van der Waals surface area (Å²) in [5.74, 6) is -11.4. The van der Waals surface area contributed by atoms with Crippen LogP contribution in [0.2, 0.25) is 0 Å². The van der Waals surface area contributed by atoms with Crippen molar-refractivity contribution in [3.8, 4) is 5.75 Å². The minimum Gasteiger partial charge on any atom is -0.479 e. The molecule has 4 rings (SSSR count). The van der Waals surface area contributed by atoms with E-state index < -0.39 is 75.8 Å². The lowest BCUT2D eigenvalue weighted by atomic mass is 10.1. The highest BCUT2D eigenvalue weighted by Gasteiger charge is 2.31. The minimum atomic E-state index is -3.73. The number of hydrogen-bond donors (Lipinski definition) is 1. The Morgan fingerprint density at radius 3 is 2.02 bits per heavy atom. The number of sulfonamides is 1. The molecule has 15 heteroatoms. The first kappa shape index (κ1) is 33.6. The Balaban J connectivity index is 1.38. The van der Waals surface area contributed by atoms with Crippen LogP contribution in [0.5, 0.6) is 5.75 Å². The van der Waals surface area contributed by atoms with Crippen LogP contribution in [0.1, 0.15) is 12.0 Å². The van der Waals surface area contributed by atoms with Gasteiger partial charge in [0.05, 0.1) is 17.9 Å². The Hall–Kier alpha value is -4.34. The van der Waals surface area contributed by atoms with Crippen LogP contribution < -0.4 is 10.1 Å². The number of halogens is 4. The van der Waals surface area contributed by atoms with Gasteiger partial charge in [0.25, 0.3) is 0 Å². The molecule has 3 aromatic rings. The summed E-state index contributed by atoms with van der Waals surface area (Å²) in [4.78, 5) is 40.2. The first-order valence-corrected chi connectivity index (χ1v) is 15.1. The molecule has 0 radical (unpaired) electrons. The second-order valence-electron chi connectivity index (χ2n) is 10.0. The molecule has 1 N–H and O–H groups in total. The zero-order valence-corrected chi connectivity index (χ0v) is 24.6. The van der Waals surface area contributed by atoms with Crippen molar-refractivity contribution >= 4 is 27.7 Å². The summed E-state index contributed by atoms with van der Waals surface area (Å²) in [6, 6.07) is 14.8. The third kappa shape index (κ3) is 8.86. The Kier molecular flexibility index (Phi) is 11.3. The standard InChI is InChI=1S/C30H29F4N3O7S/c31-22-15-23(32)29(34)30(28(22)33)44-19-25(38)24(16-27(40)43-18-20-7-3-1-4-8-20)35-26(39)17-36-11-13-37(14-12-36)45(41,42)21-9-5-2-6-10-21/h1-10,15,24H,11-14,16-19H2,(H,35,39)/t24-/m0/s1. The molecule has 0 bridgehead atoms. The fourth-order valence-corrected chi connectivity index (χ4v) is 5.89. The molecule has 1 atom stereocenters. The SMILES string of the molecule is O=C(CN1CCN(S(=O)(=O)c2ccccc2)CC1)N[C@@H](CC(=O)OCc1ccccc1)C(=O)COc1c(F)c(F)cc(F)c1F. The lowest BCUT2D eigenvalue weighted by Crippen LogP contribution is -2.53. The van der Waals surface area contributed by atoms with Gasteiger partial charge in [-0.25, -0.2) is 17.2 Å². The molecule has 1 amide bonds. The van der Waals surface area contributed by atoms with Gasteiger partial charge >= 0.3 is 5.97 Å². The van der Waals surface area contributed by atoms with E-state index in [1.807, 2.05) is 0 Å². The maximum atomic E-state index is 14.0. The van der Waals surface area contributed by atoms with Gasteiger partial charge in [-0.15, -0.1) is 0 Å². The first-order valence-electron chi connectivity index (χ1n) is 13.7. The number of carbonyl (C=O) groups is 3. The van der Waals surface area contributed by atoms with E-state index in [9.17, 15) is 40.4 Å². The van der Waals surface area contributed by atoms with Crippen molar-refractivity contribution in [1.82, 2.24) is 14.5 Å². The van der Waals surface area contributed by atoms with Crippen LogP contribution in [-0.4, -0.2) is 80.7 Å². The Bertz CT molecular complexity index is 1600. The third-order valence-corrected chi connectivity index (χ3v) is 8.76. The molecule has 45 heavy (non-hydrogen) atoms. The van der Waals surface area contributed by atoms with Crippen molar-refractivity contribution in [3.05, 3.63) is 95.6 Å². The van der Waals surface area contributed by atoms with Crippen LogP contribution in [0.4, 0.5) is 17.6 Å². The van der Waals surface area contributed by atoms with E-state index in [0.717, 1.165) is 0 Å². The van der Waals surface area contributed by atoms with Gasteiger partial charge in [0, 0.05) is 32.2 Å². The molecule has 1 fully saturated rings. The number of nitrogens with zero attached hydrogens (tertiary/aromatic N) is 2. The number of esters is 1. The number of amides is 1. The Morgan fingerprint density at radius 1 is 0.844 bits per heavy atom. The second-order valence-corrected chi connectivity index (χ2v) is 12.0. The van der Waals surface area contributed by atoms with Gasteiger partial charge in [-0.05, 0) is 17.7 Å². The summed E-state index contributed by atoms with van der Waals surface area (Å²) in [5, 5.41) is 2.37. The second kappa shape index (κ2) is 15.1. The van der Waals surface area contributed by atoms with E-state index in [1.165, 1.54) is 16.4 Å². The summed E-state index contributed by atoms with van der Waals surface area (Å²) in [5.41, 5.74) is 0.647. The number of carbonyl (C=O) groups excluding carboxylic acids is 3. The summed E-state index contributed by atoms with van der Waals surface area (Å²) in [6.45, 7) is -1.01. The molecule has 10 nitrogen and oxygen atoms in total. The van der Waals surface area contributed by atoms with Gasteiger partial charge in [0.2, 0.25) is 27.6 Å². The van der Waals surface area contributed by atoms with Gasteiger partial charge < -0.3 is 14.8 Å². The van der Waals surface area contributed by atoms with Crippen molar-refractivity contribution in [2.45, 2.75) is 24.0 Å². The lowest BCUT2D eigenvalue weighted by molar-refractivity contribution is -0.147. The van der Waals surface area contributed by atoms with Crippen LogP contribution in [-0.2, 0) is 35.8 Å². The lowest BCUT2D eigenvalue weighted by Gasteiger charge is -2.33. The molecule has 0 unspecified atom stereocenters. The van der Waals surface area contributed by atoms with Crippen molar-refractivity contribution < 1.29 is 49.8 Å². The monoisotopic (exact) mass is 651 g/mol. The van der Waals surface area contributed by atoms with Crippen molar-refractivity contribution in [1.29, 1.82) is 0 Å². The molecular weight excluding hydrogens is 622 g/mol. The summed E-state index contributed by atoms with van der Waals surface area (Å²) in [7, 11) is -3.73. The average Bonchev–Trinajstić information content (AvgIpc) is 3.03. The number of ether oxygens (including phenoxy) is 2. The number of piperazine rings is 1. The molecule has 0 saturated carbocycles. The van der Waals surface area contributed by atoms with Gasteiger partial charge in [0.1, 0.15) is 19.3 Å². The number of benzene rings is 3. The average molecular weight is 652 g/mol. The van der Waals surface area contributed by atoms with E-state index in [4.69, 9.17) is 9.47 Å². The molecule has 3 aromatic carbocycles. The molecule has 0 aromatic heterocycles. The van der Waals surface area contributed by atoms with Gasteiger partial charge in [-0.1, -0.05) is 48.5 Å². The highest BCUT2D eigenvalue weighted by Crippen LogP contribution is 2.26. The zero-order valence-electron chi connectivity index (χ0n) is 23.8. The fraction of sp³-hybridized carbons (Fsp3) is 0.300. The normalized spacial score (nSPS) is 14.8. The molecule has 1 aliphatic heterocycles. The molecule has 0 spiro atoms. The Labute approximate surface area is 256 Å². The number of nitrogens with one attached hydrogen (secondary N) is 1. The predicted octanol–water partition coefficient (Wildman–Crippen LogP) is 2.82. The highest BCUT2D eigenvalue weighted by atomic mass is 32.2. The predicted molar refractivity (Wildman–Crippen MR) is 151 cm³/mol. The smallest absolute Gasteiger partial charge is 0.308 e. The summed E-state index contributed by atoms with van der Waals surface area (Å²) >= 11 is 0. The number of ketones is 1. The largest absolute Gasteiger partial charge is 0.479 e. The Morgan fingerprint density at radius 2 is 1.42 bits per heavy atom. The molecule has 1 aliphatic rings.